The van der Waals surface area contributed by atoms with E-state index in [9.17, 15) is 14.0 Å². The lowest BCUT2D eigenvalue weighted by molar-refractivity contribution is 0.0643. The first-order valence-corrected chi connectivity index (χ1v) is 9.50. The number of ketones is 1. The fourth-order valence-electron chi connectivity index (χ4n) is 3.65. The van der Waals surface area contributed by atoms with Crippen molar-refractivity contribution in [3.8, 4) is 0 Å². The Labute approximate surface area is 162 Å². The average molecular weight is 379 g/mol. The van der Waals surface area contributed by atoms with Crippen LogP contribution >= 0.6 is 0 Å². The van der Waals surface area contributed by atoms with E-state index in [2.05, 4.69) is 16.8 Å². The number of likely N-dealkylation sites (N-methyl/N-ethyl adjacent to an activating group) is 1. The van der Waals surface area contributed by atoms with Gasteiger partial charge in [-0.05, 0) is 49.0 Å². The lowest BCUT2D eigenvalue weighted by atomic mass is 10.0. The van der Waals surface area contributed by atoms with Crippen molar-refractivity contribution in [1.29, 1.82) is 0 Å². The molecular formula is C22H22FN3O2. The largest absolute Gasteiger partial charge is 0.360 e. The zero-order chi connectivity index (χ0) is 19.7. The molecule has 3 aromatic rings. The van der Waals surface area contributed by atoms with Crippen LogP contribution in [-0.2, 0) is 0 Å². The Morgan fingerprint density at radius 1 is 1.00 bits per heavy atom. The molecule has 0 bridgehead atoms. The first-order chi connectivity index (χ1) is 13.6. The van der Waals surface area contributed by atoms with Gasteiger partial charge in [0.2, 0.25) is 0 Å². The summed E-state index contributed by atoms with van der Waals surface area (Å²) in [6, 6.07) is 10.9. The van der Waals surface area contributed by atoms with Gasteiger partial charge in [-0.25, -0.2) is 4.39 Å². The van der Waals surface area contributed by atoms with E-state index in [1.807, 2.05) is 11.0 Å². The van der Waals surface area contributed by atoms with Crippen LogP contribution in [0.1, 0.15) is 33.2 Å². The van der Waals surface area contributed by atoms with Crippen molar-refractivity contribution < 1.29 is 14.0 Å². The van der Waals surface area contributed by atoms with Crippen molar-refractivity contribution in [3.05, 3.63) is 71.2 Å². The molecule has 1 aliphatic rings. The van der Waals surface area contributed by atoms with E-state index in [1.165, 1.54) is 24.3 Å². The average Bonchev–Trinajstić information content (AvgIpc) is 3.16. The molecule has 0 saturated carbocycles. The van der Waals surface area contributed by atoms with Gasteiger partial charge in [-0.15, -0.1) is 0 Å². The number of piperazine rings is 1. The van der Waals surface area contributed by atoms with E-state index in [1.54, 1.807) is 18.3 Å². The second kappa shape index (κ2) is 7.56. The molecule has 0 radical (unpaired) electrons. The number of halogens is 1. The Morgan fingerprint density at radius 2 is 1.68 bits per heavy atom. The Bertz CT molecular complexity index is 1020. The molecule has 0 atom stereocenters. The molecule has 0 aliphatic carbocycles. The number of amides is 1. The molecular weight excluding hydrogens is 357 g/mol. The summed E-state index contributed by atoms with van der Waals surface area (Å²) in [5, 5.41) is 0.701. The Balaban J connectivity index is 1.62. The predicted octanol–water partition coefficient (Wildman–Crippen LogP) is 3.32. The quantitative estimate of drug-likeness (QED) is 0.708. The summed E-state index contributed by atoms with van der Waals surface area (Å²) in [5.74, 6) is -0.599. The van der Waals surface area contributed by atoms with E-state index in [4.69, 9.17) is 0 Å². The summed E-state index contributed by atoms with van der Waals surface area (Å²) in [6.45, 7) is 6.29. The monoisotopic (exact) mass is 379 g/mol. The number of hydrogen-bond acceptors (Lipinski definition) is 3. The first-order valence-electron chi connectivity index (χ1n) is 9.50. The topological polar surface area (TPSA) is 56.4 Å². The maximum Gasteiger partial charge on any atom is 0.253 e. The second-order valence-corrected chi connectivity index (χ2v) is 7.03. The highest BCUT2D eigenvalue weighted by Gasteiger charge is 2.22. The summed E-state index contributed by atoms with van der Waals surface area (Å²) < 4.78 is 13.1. The number of aromatic amines is 1. The minimum Gasteiger partial charge on any atom is -0.360 e. The van der Waals surface area contributed by atoms with Crippen LogP contribution in [0, 0.1) is 5.82 Å². The van der Waals surface area contributed by atoms with Crippen molar-refractivity contribution in [2.45, 2.75) is 6.92 Å². The highest BCUT2D eigenvalue weighted by molar-refractivity contribution is 6.17. The number of nitrogens with zero attached hydrogens (tertiary/aromatic N) is 2. The molecule has 6 heteroatoms. The molecule has 1 amide bonds. The molecule has 1 aromatic heterocycles. The molecule has 1 aliphatic heterocycles. The maximum atomic E-state index is 13.1. The van der Waals surface area contributed by atoms with Gasteiger partial charge < -0.3 is 14.8 Å². The van der Waals surface area contributed by atoms with E-state index < -0.39 is 0 Å². The Morgan fingerprint density at radius 3 is 2.36 bits per heavy atom. The highest BCUT2D eigenvalue weighted by atomic mass is 19.1. The molecule has 4 rings (SSSR count). The number of fused-ring (bicyclic) bond motifs is 1. The molecule has 1 saturated heterocycles. The van der Waals surface area contributed by atoms with E-state index in [0.29, 0.717) is 35.2 Å². The molecule has 0 spiro atoms. The third-order valence-corrected chi connectivity index (χ3v) is 5.39. The third kappa shape index (κ3) is 3.43. The third-order valence-electron chi connectivity index (χ3n) is 5.39. The van der Waals surface area contributed by atoms with Crippen molar-refractivity contribution in [3.63, 3.8) is 0 Å². The smallest absolute Gasteiger partial charge is 0.253 e. The predicted molar refractivity (Wildman–Crippen MR) is 106 cm³/mol. The minimum atomic E-state index is -0.383. The van der Waals surface area contributed by atoms with Gasteiger partial charge in [-0.2, -0.15) is 0 Å². The maximum absolute atomic E-state index is 13.1. The van der Waals surface area contributed by atoms with Gasteiger partial charge in [0.15, 0.2) is 5.78 Å². The summed E-state index contributed by atoms with van der Waals surface area (Å²) in [6.07, 6.45) is 1.64. The lowest BCUT2D eigenvalue weighted by Crippen LogP contribution is -2.48. The highest BCUT2D eigenvalue weighted by Crippen LogP contribution is 2.24. The summed E-state index contributed by atoms with van der Waals surface area (Å²) >= 11 is 0. The first kappa shape index (κ1) is 18.4. The van der Waals surface area contributed by atoms with Crippen LogP contribution in [0.3, 0.4) is 0 Å². The van der Waals surface area contributed by atoms with Gasteiger partial charge in [0, 0.05) is 60.0 Å². The number of carbonyl (C=O) groups is 2. The van der Waals surface area contributed by atoms with Crippen molar-refractivity contribution in [2.24, 2.45) is 0 Å². The zero-order valence-electron chi connectivity index (χ0n) is 15.7. The van der Waals surface area contributed by atoms with Gasteiger partial charge in [-0.3, -0.25) is 9.59 Å². The zero-order valence-corrected chi connectivity index (χ0v) is 15.7. The molecule has 1 N–H and O–H groups in total. The van der Waals surface area contributed by atoms with Crippen LogP contribution in [0.2, 0.25) is 0 Å². The lowest BCUT2D eigenvalue weighted by Gasteiger charge is -2.34. The van der Waals surface area contributed by atoms with Crippen LogP contribution in [0.5, 0.6) is 0 Å². The number of carbonyl (C=O) groups excluding carboxylic acids is 2. The van der Waals surface area contributed by atoms with Gasteiger partial charge >= 0.3 is 0 Å². The number of nitrogens with one attached hydrogen (secondary N) is 1. The molecule has 5 nitrogen and oxygen atoms in total. The number of benzene rings is 2. The van der Waals surface area contributed by atoms with E-state index in [0.717, 1.165) is 25.2 Å². The molecule has 1 fully saturated rings. The Kier molecular flexibility index (Phi) is 4.96. The fraction of sp³-hybridized carbons (Fsp3) is 0.273. The number of H-pyrrole nitrogens is 1. The molecule has 144 valence electrons. The molecule has 2 aromatic carbocycles. The van der Waals surface area contributed by atoms with Crippen molar-refractivity contribution >= 4 is 22.6 Å². The number of rotatable bonds is 4. The van der Waals surface area contributed by atoms with Crippen molar-refractivity contribution in [1.82, 2.24) is 14.8 Å². The van der Waals surface area contributed by atoms with Crippen molar-refractivity contribution in [2.75, 3.05) is 32.7 Å². The second-order valence-electron chi connectivity index (χ2n) is 7.03. The van der Waals surface area contributed by atoms with Crippen LogP contribution in [0.4, 0.5) is 4.39 Å². The summed E-state index contributed by atoms with van der Waals surface area (Å²) in [7, 11) is 0. The van der Waals surface area contributed by atoms with E-state index in [-0.39, 0.29) is 17.5 Å². The standard InChI is InChI=1S/C22H22FN3O2/c1-2-25-9-11-26(12-10-25)22(28)16-5-8-20-18(13-16)19(14-24-20)21(27)15-3-6-17(23)7-4-15/h3-8,13-14,24H,2,9-12H2,1H3. The van der Waals surface area contributed by atoms with Crippen LogP contribution in [0.25, 0.3) is 10.9 Å². The number of hydrogen-bond donors (Lipinski definition) is 1. The Hall–Kier alpha value is -2.99. The minimum absolute atomic E-state index is 0.0148. The van der Waals surface area contributed by atoms with Gasteiger partial charge in [-0.1, -0.05) is 6.92 Å². The van der Waals surface area contributed by atoms with Gasteiger partial charge in [0.05, 0.1) is 0 Å². The number of aromatic nitrogens is 1. The van der Waals surface area contributed by atoms with Crippen LogP contribution in [0.15, 0.2) is 48.7 Å². The van der Waals surface area contributed by atoms with E-state index >= 15 is 0 Å². The molecule has 28 heavy (non-hydrogen) atoms. The fourth-order valence-corrected chi connectivity index (χ4v) is 3.65. The normalized spacial score (nSPS) is 15.1. The SMILES string of the molecule is CCN1CCN(C(=O)c2ccc3[nH]cc(C(=O)c4ccc(F)cc4)c3c2)CC1. The summed E-state index contributed by atoms with van der Waals surface area (Å²) in [4.78, 5) is 33.0. The molecule has 2 heterocycles. The van der Waals surface area contributed by atoms with Gasteiger partial charge in [0.1, 0.15) is 5.82 Å². The molecule has 0 unspecified atom stereocenters. The van der Waals surface area contributed by atoms with Crippen LogP contribution in [-0.4, -0.2) is 59.2 Å². The summed E-state index contributed by atoms with van der Waals surface area (Å²) in [5.41, 5.74) is 2.25. The van der Waals surface area contributed by atoms with Crippen LogP contribution < -0.4 is 0 Å². The van der Waals surface area contributed by atoms with Gasteiger partial charge in [0.25, 0.3) is 5.91 Å².